The van der Waals surface area contributed by atoms with E-state index in [4.69, 9.17) is 0 Å². The Hall–Kier alpha value is -0.720. The number of carbonyl (C=O) groups excluding carboxylic acids is 2. The van der Waals surface area contributed by atoms with Crippen LogP contribution >= 0.6 is 31.9 Å². The molecule has 0 radical (unpaired) electrons. The zero-order chi connectivity index (χ0) is 16.4. The lowest BCUT2D eigenvalue weighted by atomic mass is 10.1. The minimum Gasteiger partial charge on any atom is -0.292 e. The lowest BCUT2D eigenvalue weighted by molar-refractivity contribution is -0.123. The van der Waals surface area contributed by atoms with Crippen molar-refractivity contribution in [1.82, 2.24) is 4.90 Å². The first-order valence-corrected chi connectivity index (χ1v) is 9.72. The molecule has 1 aromatic rings. The van der Waals surface area contributed by atoms with E-state index in [-0.39, 0.29) is 17.9 Å². The zero-order valence-corrected chi connectivity index (χ0v) is 16.1. The summed E-state index contributed by atoms with van der Waals surface area (Å²) >= 11 is 6.86. The Morgan fingerprint density at radius 3 is 2.26 bits per heavy atom. The minimum absolute atomic E-state index is 0.0846. The molecule has 0 spiro atoms. The molecule has 0 N–H and O–H groups in total. The smallest absolute Gasteiger partial charge is 0.251 e. The summed E-state index contributed by atoms with van der Waals surface area (Å²) in [6, 6.07) is 5.22. The lowest BCUT2D eigenvalue weighted by Crippen LogP contribution is -2.43. The molecule has 0 bridgehead atoms. The summed E-state index contributed by atoms with van der Waals surface area (Å²) in [7, 11) is 0. The van der Waals surface area contributed by atoms with E-state index in [1.54, 1.807) is 6.07 Å². The van der Waals surface area contributed by atoms with Crippen LogP contribution in [0.1, 0.15) is 38.5 Å². The van der Waals surface area contributed by atoms with Gasteiger partial charge in [-0.15, -0.1) is 0 Å². The van der Waals surface area contributed by atoms with Gasteiger partial charge in [0.1, 0.15) is 0 Å². The number of hydrogen-bond donors (Lipinski definition) is 0. The number of halogens is 2. The SMILES string of the molecule is O=C1C[C@@H](N2CCCCCCC2)C(=O)N1c1ccc(Br)cc1Br. The van der Waals surface area contributed by atoms with E-state index < -0.39 is 0 Å². The highest BCUT2D eigenvalue weighted by Gasteiger charge is 2.43. The summed E-state index contributed by atoms with van der Waals surface area (Å²) < 4.78 is 1.66. The summed E-state index contributed by atoms with van der Waals surface area (Å²) in [5.74, 6) is -0.191. The van der Waals surface area contributed by atoms with Gasteiger partial charge in [0.2, 0.25) is 5.91 Å². The number of carbonyl (C=O) groups is 2. The van der Waals surface area contributed by atoms with Gasteiger partial charge in [-0.1, -0.05) is 35.2 Å². The molecule has 4 nitrogen and oxygen atoms in total. The predicted octanol–water partition coefficient (Wildman–Crippen LogP) is 4.11. The van der Waals surface area contributed by atoms with Crippen molar-refractivity contribution < 1.29 is 9.59 Å². The zero-order valence-electron chi connectivity index (χ0n) is 12.9. The largest absolute Gasteiger partial charge is 0.292 e. The van der Waals surface area contributed by atoms with Crippen LogP contribution in [0, 0.1) is 0 Å². The molecule has 124 valence electrons. The highest BCUT2D eigenvalue weighted by molar-refractivity contribution is 9.11. The molecule has 0 unspecified atom stereocenters. The maximum absolute atomic E-state index is 12.9. The van der Waals surface area contributed by atoms with E-state index >= 15 is 0 Å². The third-order valence-electron chi connectivity index (χ3n) is 4.60. The van der Waals surface area contributed by atoms with Gasteiger partial charge in [-0.05, 0) is 60.1 Å². The van der Waals surface area contributed by atoms with Gasteiger partial charge >= 0.3 is 0 Å². The molecule has 2 fully saturated rings. The monoisotopic (exact) mass is 442 g/mol. The second-order valence-corrected chi connectivity index (χ2v) is 7.96. The maximum Gasteiger partial charge on any atom is 0.251 e. The van der Waals surface area contributed by atoms with Crippen molar-refractivity contribution in [3.63, 3.8) is 0 Å². The van der Waals surface area contributed by atoms with Gasteiger partial charge in [0.25, 0.3) is 5.91 Å². The molecule has 2 aliphatic heterocycles. The molecule has 0 saturated carbocycles. The van der Waals surface area contributed by atoms with Crippen LogP contribution in [0.3, 0.4) is 0 Å². The molecular formula is C17H20Br2N2O2. The molecule has 3 rings (SSSR count). The van der Waals surface area contributed by atoms with Crippen molar-refractivity contribution in [2.24, 2.45) is 0 Å². The fraction of sp³-hybridized carbons (Fsp3) is 0.529. The first-order chi connectivity index (χ1) is 11.1. The Labute approximate surface area is 153 Å². The molecule has 0 aliphatic carbocycles. The molecular weight excluding hydrogens is 424 g/mol. The number of hydrogen-bond acceptors (Lipinski definition) is 3. The second-order valence-electron chi connectivity index (χ2n) is 6.19. The first-order valence-electron chi connectivity index (χ1n) is 8.14. The summed E-state index contributed by atoms with van der Waals surface area (Å²) in [5, 5.41) is 0. The fourth-order valence-electron chi connectivity index (χ4n) is 3.40. The Kier molecular flexibility index (Phi) is 5.54. The number of amides is 2. The molecule has 2 aliphatic rings. The van der Waals surface area contributed by atoms with E-state index in [1.807, 2.05) is 12.1 Å². The van der Waals surface area contributed by atoms with Crippen LogP contribution in [0.2, 0.25) is 0 Å². The Morgan fingerprint density at radius 2 is 1.61 bits per heavy atom. The summed E-state index contributed by atoms with van der Waals surface area (Å²) in [6.45, 7) is 1.83. The highest BCUT2D eigenvalue weighted by atomic mass is 79.9. The van der Waals surface area contributed by atoms with E-state index in [9.17, 15) is 9.59 Å². The number of imide groups is 1. The third kappa shape index (κ3) is 3.69. The van der Waals surface area contributed by atoms with Gasteiger partial charge in [0.15, 0.2) is 0 Å². The van der Waals surface area contributed by atoms with E-state index in [0.29, 0.717) is 12.1 Å². The first kappa shape index (κ1) is 17.1. The van der Waals surface area contributed by atoms with Gasteiger partial charge in [0, 0.05) is 8.95 Å². The van der Waals surface area contributed by atoms with Gasteiger partial charge in [-0.2, -0.15) is 0 Å². The maximum atomic E-state index is 12.9. The quantitative estimate of drug-likeness (QED) is 0.645. The van der Waals surface area contributed by atoms with Crippen LogP contribution in [0.15, 0.2) is 27.1 Å². The lowest BCUT2D eigenvalue weighted by Gasteiger charge is -2.29. The summed E-state index contributed by atoms with van der Waals surface area (Å²) in [6.07, 6.45) is 6.23. The Balaban J connectivity index is 1.81. The van der Waals surface area contributed by atoms with E-state index in [2.05, 4.69) is 36.8 Å². The predicted molar refractivity (Wildman–Crippen MR) is 97.4 cm³/mol. The number of nitrogens with zero attached hydrogens (tertiary/aromatic N) is 2. The average Bonchev–Trinajstić information content (AvgIpc) is 2.75. The van der Waals surface area contributed by atoms with Crippen molar-refractivity contribution in [3.8, 4) is 0 Å². The molecule has 1 aromatic carbocycles. The number of anilines is 1. The summed E-state index contributed by atoms with van der Waals surface area (Å²) in [5.41, 5.74) is 0.637. The number of rotatable bonds is 2. The molecule has 1 atom stereocenters. The Bertz CT molecular complexity index is 613. The van der Waals surface area contributed by atoms with Gasteiger partial charge in [-0.25, -0.2) is 4.90 Å². The molecule has 2 saturated heterocycles. The van der Waals surface area contributed by atoms with Gasteiger partial charge < -0.3 is 0 Å². The van der Waals surface area contributed by atoms with Gasteiger partial charge in [-0.3, -0.25) is 14.5 Å². The topological polar surface area (TPSA) is 40.6 Å². The third-order valence-corrected chi connectivity index (χ3v) is 5.73. The van der Waals surface area contributed by atoms with Crippen molar-refractivity contribution in [3.05, 3.63) is 27.1 Å². The van der Waals surface area contributed by atoms with E-state index in [0.717, 1.165) is 34.9 Å². The van der Waals surface area contributed by atoms with Crippen LogP contribution in [-0.4, -0.2) is 35.8 Å². The van der Waals surface area contributed by atoms with Crippen molar-refractivity contribution >= 4 is 49.4 Å². The fourth-order valence-corrected chi connectivity index (χ4v) is 4.62. The highest BCUT2D eigenvalue weighted by Crippen LogP contribution is 2.34. The average molecular weight is 444 g/mol. The van der Waals surface area contributed by atoms with Crippen molar-refractivity contribution in [2.75, 3.05) is 18.0 Å². The molecule has 23 heavy (non-hydrogen) atoms. The van der Waals surface area contributed by atoms with Crippen LogP contribution in [-0.2, 0) is 9.59 Å². The van der Waals surface area contributed by atoms with Crippen molar-refractivity contribution in [2.45, 2.75) is 44.6 Å². The number of likely N-dealkylation sites (tertiary alicyclic amines) is 1. The summed E-state index contributed by atoms with van der Waals surface area (Å²) in [4.78, 5) is 28.9. The molecule has 0 aromatic heterocycles. The Morgan fingerprint density at radius 1 is 0.957 bits per heavy atom. The van der Waals surface area contributed by atoms with Gasteiger partial charge in [0.05, 0.1) is 18.2 Å². The van der Waals surface area contributed by atoms with Crippen LogP contribution in [0.5, 0.6) is 0 Å². The van der Waals surface area contributed by atoms with Crippen LogP contribution in [0.4, 0.5) is 5.69 Å². The van der Waals surface area contributed by atoms with E-state index in [1.165, 1.54) is 24.2 Å². The number of benzene rings is 1. The minimum atomic E-state index is -0.295. The van der Waals surface area contributed by atoms with Crippen molar-refractivity contribution in [1.29, 1.82) is 0 Å². The second kappa shape index (κ2) is 7.45. The molecule has 2 amide bonds. The standard InChI is InChI=1S/C17H20Br2N2O2/c18-12-6-7-14(13(19)10-12)21-16(22)11-15(17(21)23)20-8-4-2-1-3-5-9-20/h6-7,10,15H,1-5,8-9,11H2/t15-/m1/s1. The van der Waals surface area contributed by atoms with Crippen LogP contribution < -0.4 is 4.90 Å². The molecule has 6 heteroatoms. The molecule has 2 heterocycles. The normalized spacial score (nSPS) is 23.9. The van der Waals surface area contributed by atoms with Crippen LogP contribution in [0.25, 0.3) is 0 Å².